The largest absolute Gasteiger partial charge is 0.394 e. The molecule has 0 aliphatic heterocycles. The zero-order chi connectivity index (χ0) is 10.8. The predicted molar refractivity (Wildman–Crippen MR) is 57.2 cm³/mol. The molecule has 86 valence electrons. The molecule has 0 saturated carbocycles. The smallest absolute Gasteiger partial charge is 0.104 e. The Bertz CT molecular complexity index is 113. The second kappa shape index (κ2) is 9.44. The lowest BCUT2D eigenvalue weighted by molar-refractivity contribution is -0.0349. The Morgan fingerprint density at radius 2 is 1.79 bits per heavy atom. The summed E-state index contributed by atoms with van der Waals surface area (Å²) in [7, 11) is 0. The minimum absolute atomic E-state index is 0.0965. The first-order chi connectivity index (χ1) is 6.78. The monoisotopic (exact) mass is 204 g/mol. The van der Waals surface area contributed by atoms with Crippen LogP contribution in [0.5, 0.6) is 0 Å². The Morgan fingerprint density at radius 1 is 1.14 bits per heavy atom. The Balaban J connectivity index is 3.59. The van der Waals surface area contributed by atoms with Gasteiger partial charge in [-0.15, -0.1) is 0 Å². The number of aliphatic hydroxyl groups excluding tert-OH is 2. The first-order valence-corrected chi connectivity index (χ1v) is 5.61. The van der Waals surface area contributed by atoms with Gasteiger partial charge in [0.25, 0.3) is 0 Å². The maximum Gasteiger partial charge on any atom is 0.104 e. The van der Waals surface area contributed by atoms with E-state index in [-0.39, 0.29) is 13.2 Å². The van der Waals surface area contributed by atoms with E-state index in [1.807, 2.05) is 0 Å². The second-order valence-electron chi connectivity index (χ2n) is 3.74. The maximum absolute atomic E-state index is 8.80. The minimum Gasteiger partial charge on any atom is -0.394 e. The molecule has 0 aliphatic rings. The van der Waals surface area contributed by atoms with Gasteiger partial charge in [0.05, 0.1) is 13.2 Å². The average Bonchev–Trinajstić information content (AvgIpc) is 2.23. The van der Waals surface area contributed by atoms with Crippen LogP contribution in [0.3, 0.4) is 0 Å². The molecule has 0 rings (SSSR count). The van der Waals surface area contributed by atoms with Crippen molar-refractivity contribution in [2.75, 3.05) is 19.8 Å². The normalized spacial score (nSPS) is 13.5. The van der Waals surface area contributed by atoms with Crippen LogP contribution in [0.2, 0.25) is 0 Å². The molecule has 14 heavy (non-hydrogen) atoms. The van der Waals surface area contributed by atoms with Crippen LogP contribution in [0, 0.1) is 5.92 Å². The number of hydrogen-bond acceptors (Lipinski definition) is 3. The predicted octanol–water partition coefficient (Wildman–Crippen LogP) is 1.57. The molecule has 2 N–H and O–H groups in total. The van der Waals surface area contributed by atoms with E-state index >= 15 is 0 Å². The van der Waals surface area contributed by atoms with E-state index in [9.17, 15) is 0 Å². The first kappa shape index (κ1) is 13.9. The van der Waals surface area contributed by atoms with Crippen LogP contribution in [0.25, 0.3) is 0 Å². The van der Waals surface area contributed by atoms with Crippen LogP contribution in [0.4, 0.5) is 0 Å². The first-order valence-electron chi connectivity index (χ1n) is 5.61. The molecule has 0 radical (unpaired) electrons. The van der Waals surface area contributed by atoms with Crippen molar-refractivity contribution >= 4 is 0 Å². The van der Waals surface area contributed by atoms with E-state index in [1.54, 1.807) is 0 Å². The molecule has 0 aromatic rings. The third kappa shape index (κ3) is 6.35. The summed E-state index contributed by atoms with van der Waals surface area (Å²) in [5.41, 5.74) is 0. The van der Waals surface area contributed by atoms with Crippen LogP contribution in [-0.4, -0.2) is 36.1 Å². The van der Waals surface area contributed by atoms with Crippen LogP contribution in [0.15, 0.2) is 0 Å². The van der Waals surface area contributed by atoms with Crippen molar-refractivity contribution in [3.63, 3.8) is 0 Å². The van der Waals surface area contributed by atoms with Gasteiger partial charge in [-0.05, 0) is 12.3 Å². The van der Waals surface area contributed by atoms with E-state index in [0.29, 0.717) is 12.5 Å². The molecule has 0 aliphatic carbocycles. The van der Waals surface area contributed by atoms with E-state index in [0.717, 1.165) is 6.42 Å². The highest BCUT2D eigenvalue weighted by Crippen LogP contribution is 2.13. The molecule has 0 aromatic carbocycles. The summed E-state index contributed by atoms with van der Waals surface area (Å²) in [5.74, 6) is 0.565. The molecule has 0 saturated heterocycles. The lowest BCUT2D eigenvalue weighted by atomic mass is 10.0. The summed E-state index contributed by atoms with van der Waals surface area (Å²) in [4.78, 5) is 0. The van der Waals surface area contributed by atoms with Gasteiger partial charge >= 0.3 is 0 Å². The SMILES string of the molecule is CCCCC(CC)COC(CO)CO. The summed E-state index contributed by atoms with van der Waals surface area (Å²) in [5, 5.41) is 17.6. The number of unbranched alkanes of at least 4 members (excludes halogenated alkanes) is 1. The van der Waals surface area contributed by atoms with Gasteiger partial charge in [0, 0.05) is 6.61 Å². The van der Waals surface area contributed by atoms with Gasteiger partial charge in [-0.3, -0.25) is 0 Å². The summed E-state index contributed by atoms with van der Waals surface area (Å²) in [6, 6.07) is 0. The van der Waals surface area contributed by atoms with Crippen molar-refractivity contribution in [2.24, 2.45) is 5.92 Å². The number of aliphatic hydroxyl groups is 2. The van der Waals surface area contributed by atoms with Crippen LogP contribution in [-0.2, 0) is 4.74 Å². The quantitative estimate of drug-likeness (QED) is 0.599. The molecule has 0 spiro atoms. The van der Waals surface area contributed by atoms with Crippen molar-refractivity contribution in [2.45, 2.75) is 45.6 Å². The van der Waals surface area contributed by atoms with Crippen molar-refractivity contribution in [3.05, 3.63) is 0 Å². The molecule has 1 atom stereocenters. The molecule has 0 amide bonds. The van der Waals surface area contributed by atoms with Crippen molar-refractivity contribution in [1.29, 1.82) is 0 Å². The van der Waals surface area contributed by atoms with E-state index in [1.165, 1.54) is 19.3 Å². The standard InChI is InChI=1S/C11H24O3/c1-3-5-6-10(4-2)9-14-11(7-12)8-13/h10-13H,3-9H2,1-2H3. The van der Waals surface area contributed by atoms with Gasteiger partial charge in [-0.25, -0.2) is 0 Å². The Hall–Kier alpha value is -0.120. The van der Waals surface area contributed by atoms with Gasteiger partial charge in [-0.2, -0.15) is 0 Å². The van der Waals surface area contributed by atoms with Crippen molar-refractivity contribution < 1.29 is 14.9 Å². The third-order valence-electron chi connectivity index (χ3n) is 2.52. The Labute approximate surface area is 87.1 Å². The molecular formula is C11H24O3. The van der Waals surface area contributed by atoms with Gasteiger partial charge in [0.2, 0.25) is 0 Å². The van der Waals surface area contributed by atoms with E-state index in [2.05, 4.69) is 13.8 Å². The lowest BCUT2D eigenvalue weighted by Crippen LogP contribution is -2.25. The fraction of sp³-hybridized carbons (Fsp3) is 1.00. The fourth-order valence-electron chi connectivity index (χ4n) is 1.33. The highest BCUT2D eigenvalue weighted by atomic mass is 16.5. The van der Waals surface area contributed by atoms with Crippen LogP contribution < -0.4 is 0 Å². The van der Waals surface area contributed by atoms with Gasteiger partial charge in [0.15, 0.2) is 0 Å². The molecule has 1 unspecified atom stereocenters. The average molecular weight is 204 g/mol. The maximum atomic E-state index is 8.80. The molecular weight excluding hydrogens is 180 g/mol. The molecule has 0 bridgehead atoms. The lowest BCUT2D eigenvalue weighted by Gasteiger charge is -2.18. The Morgan fingerprint density at radius 3 is 2.21 bits per heavy atom. The summed E-state index contributed by atoms with van der Waals surface area (Å²) < 4.78 is 5.39. The van der Waals surface area contributed by atoms with Crippen LogP contribution >= 0.6 is 0 Å². The summed E-state index contributed by atoms with van der Waals surface area (Å²) >= 11 is 0. The molecule has 0 fully saturated rings. The summed E-state index contributed by atoms with van der Waals surface area (Å²) in [6.45, 7) is 4.79. The van der Waals surface area contributed by atoms with Gasteiger partial charge in [0.1, 0.15) is 6.10 Å². The molecule has 0 aromatic heterocycles. The minimum atomic E-state index is -0.398. The zero-order valence-electron chi connectivity index (χ0n) is 9.41. The Kier molecular flexibility index (Phi) is 9.35. The fourth-order valence-corrected chi connectivity index (χ4v) is 1.33. The van der Waals surface area contributed by atoms with E-state index < -0.39 is 6.10 Å². The molecule has 0 heterocycles. The number of rotatable bonds is 9. The zero-order valence-corrected chi connectivity index (χ0v) is 9.41. The number of hydrogen-bond donors (Lipinski definition) is 2. The van der Waals surface area contributed by atoms with Crippen molar-refractivity contribution in [1.82, 2.24) is 0 Å². The second-order valence-corrected chi connectivity index (χ2v) is 3.74. The summed E-state index contributed by atoms with van der Waals surface area (Å²) in [6.07, 6.45) is 4.32. The van der Waals surface area contributed by atoms with E-state index in [4.69, 9.17) is 14.9 Å². The highest BCUT2D eigenvalue weighted by Gasteiger charge is 2.10. The topological polar surface area (TPSA) is 49.7 Å². The molecule has 3 nitrogen and oxygen atoms in total. The van der Waals surface area contributed by atoms with Crippen molar-refractivity contribution in [3.8, 4) is 0 Å². The highest BCUT2D eigenvalue weighted by molar-refractivity contribution is 4.59. The molecule has 3 heteroatoms. The number of ether oxygens (including phenoxy) is 1. The van der Waals surface area contributed by atoms with Gasteiger partial charge < -0.3 is 14.9 Å². The van der Waals surface area contributed by atoms with Gasteiger partial charge in [-0.1, -0.05) is 33.1 Å². The van der Waals surface area contributed by atoms with Crippen LogP contribution in [0.1, 0.15) is 39.5 Å². The third-order valence-corrected chi connectivity index (χ3v) is 2.52.